The van der Waals surface area contributed by atoms with E-state index in [0.29, 0.717) is 0 Å². The minimum atomic E-state index is 0.880. The molecule has 1 heterocycles. The van der Waals surface area contributed by atoms with Crippen LogP contribution in [0.5, 0.6) is 0 Å². The number of hydrogen-bond acceptors (Lipinski definition) is 2. The Hall–Kier alpha value is -5.60. The molecule has 0 fully saturated rings. The number of anilines is 3. The number of para-hydroxylation sites is 2. The first kappa shape index (κ1) is 24.2. The van der Waals surface area contributed by atoms with Crippen LogP contribution in [0.3, 0.4) is 0 Å². The van der Waals surface area contributed by atoms with Crippen molar-refractivity contribution >= 4 is 49.8 Å². The van der Waals surface area contributed by atoms with Crippen molar-refractivity contribution in [1.29, 1.82) is 0 Å². The predicted molar refractivity (Wildman–Crippen MR) is 177 cm³/mol. The van der Waals surface area contributed by atoms with E-state index in [2.05, 4.69) is 163 Å². The molecule has 42 heavy (non-hydrogen) atoms. The quantitative estimate of drug-likeness (QED) is 0.217. The highest BCUT2D eigenvalue weighted by Crippen LogP contribution is 2.47. The molecule has 0 unspecified atom stereocenters. The van der Waals surface area contributed by atoms with Crippen molar-refractivity contribution in [2.45, 2.75) is 0 Å². The lowest BCUT2D eigenvalue weighted by Gasteiger charge is -2.28. The van der Waals surface area contributed by atoms with E-state index in [1.807, 2.05) is 6.07 Å². The van der Waals surface area contributed by atoms with Crippen LogP contribution in [-0.2, 0) is 0 Å². The van der Waals surface area contributed by atoms with Crippen LogP contribution < -0.4 is 4.90 Å². The molecule has 8 rings (SSSR count). The van der Waals surface area contributed by atoms with Gasteiger partial charge in [0.1, 0.15) is 5.58 Å². The van der Waals surface area contributed by atoms with Gasteiger partial charge in [0.2, 0.25) is 0 Å². The van der Waals surface area contributed by atoms with Gasteiger partial charge in [0.05, 0.1) is 11.4 Å². The molecule has 0 spiro atoms. The zero-order valence-electron chi connectivity index (χ0n) is 22.9. The van der Waals surface area contributed by atoms with Gasteiger partial charge in [-0.15, -0.1) is 0 Å². The summed E-state index contributed by atoms with van der Waals surface area (Å²) in [6.45, 7) is 0. The van der Waals surface area contributed by atoms with Crippen LogP contribution in [-0.4, -0.2) is 0 Å². The van der Waals surface area contributed by atoms with Gasteiger partial charge < -0.3 is 9.32 Å². The van der Waals surface area contributed by atoms with E-state index in [1.165, 1.54) is 27.5 Å². The summed E-state index contributed by atoms with van der Waals surface area (Å²) >= 11 is 0. The van der Waals surface area contributed by atoms with Crippen LogP contribution in [0, 0.1) is 0 Å². The van der Waals surface area contributed by atoms with E-state index in [4.69, 9.17) is 4.42 Å². The number of benzene rings is 7. The molecule has 198 valence electrons. The minimum Gasteiger partial charge on any atom is -0.454 e. The third-order valence-electron chi connectivity index (χ3n) is 8.05. The lowest BCUT2D eigenvalue weighted by atomic mass is 9.99. The summed E-state index contributed by atoms with van der Waals surface area (Å²) in [6.07, 6.45) is 0. The maximum atomic E-state index is 6.71. The summed E-state index contributed by atoms with van der Waals surface area (Å²) < 4.78 is 6.71. The van der Waals surface area contributed by atoms with Crippen molar-refractivity contribution in [2.75, 3.05) is 4.90 Å². The lowest BCUT2D eigenvalue weighted by molar-refractivity contribution is 0.669. The Labute approximate surface area is 244 Å². The zero-order chi connectivity index (χ0) is 27.9. The van der Waals surface area contributed by atoms with Crippen LogP contribution >= 0.6 is 0 Å². The molecule has 8 aromatic rings. The third kappa shape index (κ3) is 4.05. The van der Waals surface area contributed by atoms with Gasteiger partial charge >= 0.3 is 0 Å². The second-order valence-corrected chi connectivity index (χ2v) is 10.6. The molecule has 0 saturated heterocycles. The smallest absolute Gasteiger partial charge is 0.160 e. The second-order valence-electron chi connectivity index (χ2n) is 10.6. The number of rotatable bonds is 5. The molecule has 1 aromatic heterocycles. The minimum absolute atomic E-state index is 0.880. The molecule has 0 N–H and O–H groups in total. The van der Waals surface area contributed by atoms with Gasteiger partial charge in [-0.2, -0.15) is 0 Å². The molecule has 0 aliphatic heterocycles. The summed E-state index contributed by atoms with van der Waals surface area (Å²) in [7, 11) is 0. The molecule has 0 aliphatic carbocycles. The van der Waals surface area contributed by atoms with Crippen molar-refractivity contribution in [2.24, 2.45) is 0 Å². The normalized spacial score (nSPS) is 11.3. The van der Waals surface area contributed by atoms with Gasteiger partial charge in [-0.1, -0.05) is 133 Å². The Bertz CT molecular complexity index is 2180. The average molecular weight is 538 g/mol. The van der Waals surface area contributed by atoms with Crippen molar-refractivity contribution in [1.82, 2.24) is 0 Å². The Kier molecular flexibility index (Phi) is 5.82. The fourth-order valence-electron chi connectivity index (χ4n) is 6.09. The van der Waals surface area contributed by atoms with E-state index < -0.39 is 0 Å². The molecule has 2 heteroatoms. The molecule has 0 atom stereocenters. The van der Waals surface area contributed by atoms with E-state index in [1.54, 1.807) is 0 Å². The Morgan fingerprint density at radius 1 is 0.429 bits per heavy atom. The van der Waals surface area contributed by atoms with Crippen LogP contribution in [0.2, 0.25) is 0 Å². The van der Waals surface area contributed by atoms with Crippen molar-refractivity contribution in [3.05, 3.63) is 164 Å². The highest BCUT2D eigenvalue weighted by molar-refractivity contribution is 6.23. The summed E-state index contributed by atoms with van der Waals surface area (Å²) in [6, 6.07) is 57.8. The van der Waals surface area contributed by atoms with Crippen molar-refractivity contribution in [3.8, 4) is 22.3 Å². The first-order valence-corrected chi connectivity index (χ1v) is 14.3. The predicted octanol–water partition coefficient (Wildman–Crippen LogP) is 11.5. The standard InChI is InChI=1S/C40H27NO/c1-3-13-28(14-4-1)29-23-25-32(26-24-29)41(36-21-11-9-18-33(36)30-15-5-2-6-16-30)37-27-31-17-7-8-19-34(31)39-35-20-10-12-22-38(35)42-40(37)39/h1-27H. The Balaban J connectivity index is 1.44. The monoisotopic (exact) mass is 537 g/mol. The third-order valence-corrected chi connectivity index (χ3v) is 8.05. The summed E-state index contributed by atoms with van der Waals surface area (Å²) in [4.78, 5) is 2.36. The number of furan rings is 1. The van der Waals surface area contributed by atoms with Gasteiger partial charge in [-0.25, -0.2) is 0 Å². The molecule has 0 aliphatic rings. The molecular formula is C40H27NO. The number of hydrogen-bond donors (Lipinski definition) is 0. The van der Waals surface area contributed by atoms with E-state index in [-0.39, 0.29) is 0 Å². The molecule has 0 radical (unpaired) electrons. The number of fused-ring (bicyclic) bond motifs is 5. The SMILES string of the molecule is c1ccc(-c2ccc(N(c3ccccc3-c3ccccc3)c3cc4ccccc4c4c3oc3ccccc34)cc2)cc1. The number of nitrogens with zero attached hydrogens (tertiary/aromatic N) is 1. The fourth-order valence-corrected chi connectivity index (χ4v) is 6.09. The van der Waals surface area contributed by atoms with Gasteiger partial charge in [-0.05, 0) is 57.8 Å². The highest BCUT2D eigenvalue weighted by Gasteiger charge is 2.23. The van der Waals surface area contributed by atoms with Gasteiger partial charge in [0.15, 0.2) is 5.58 Å². The van der Waals surface area contributed by atoms with Gasteiger partial charge in [0, 0.05) is 22.0 Å². The molecule has 2 nitrogen and oxygen atoms in total. The maximum Gasteiger partial charge on any atom is 0.160 e. The van der Waals surface area contributed by atoms with Crippen LogP contribution in [0.1, 0.15) is 0 Å². The van der Waals surface area contributed by atoms with Crippen LogP contribution in [0.15, 0.2) is 168 Å². The van der Waals surface area contributed by atoms with Crippen LogP contribution in [0.25, 0.3) is 55.0 Å². The highest BCUT2D eigenvalue weighted by atomic mass is 16.3. The summed E-state index contributed by atoms with van der Waals surface area (Å²) in [5.41, 5.74) is 9.64. The first-order valence-electron chi connectivity index (χ1n) is 14.3. The zero-order valence-corrected chi connectivity index (χ0v) is 22.9. The van der Waals surface area contributed by atoms with Gasteiger partial charge in [-0.3, -0.25) is 0 Å². The average Bonchev–Trinajstić information content (AvgIpc) is 3.47. The molecule has 7 aromatic carbocycles. The molecule has 0 bridgehead atoms. The maximum absolute atomic E-state index is 6.71. The van der Waals surface area contributed by atoms with E-state index in [9.17, 15) is 0 Å². The van der Waals surface area contributed by atoms with E-state index in [0.717, 1.165) is 44.6 Å². The summed E-state index contributed by atoms with van der Waals surface area (Å²) in [5.74, 6) is 0. The fraction of sp³-hybridized carbons (Fsp3) is 0. The Morgan fingerprint density at radius 2 is 1.02 bits per heavy atom. The summed E-state index contributed by atoms with van der Waals surface area (Å²) in [5, 5.41) is 4.63. The van der Waals surface area contributed by atoms with Gasteiger partial charge in [0.25, 0.3) is 0 Å². The van der Waals surface area contributed by atoms with Crippen LogP contribution in [0.4, 0.5) is 17.1 Å². The second kappa shape index (κ2) is 10.1. The topological polar surface area (TPSA) is 16.4 Å². The molecular weight excluding hydrogens is 510 g/mol. The molecule has 0 amide bonds. The largest absolute Gasteiger partial charge is 0.454 e. The van der Waals surface area contributed by atoms with Crippen molar-refractivity contribution in [3.63, 3.8) is 0 Å². The first-order chi connectivity index (χ1) is 20.8. The Morgan fingerprint density at radius 3 is 1.81 bits per heavy atom. The molecule has 0 saturated carbocycles. The lowest BCUT2D eigenvalue weighted by Crippen LogP contribution is -2.11. The van der Waals surface area contributed by atoms with E-state index >= 15 is 0 Å². The van der Waals surface area contributed by atoms with Crippen molar-refractivity contribution < 1.29 is 4.42 Å².